The molecule has 1 aromatic carbocycles. The van der Waals surface area contributed by atoms with Crippen molar-refractivity contribution in [1.82, 2.24) is 10.2 Å². The van der Waals surface area contributed by atoms with Gasteiger partial charge in [0.05, 0.1) is 13.2 Å². The van der Waals surface area contributed by atoms with Gasteiger partial charge in [-0.2, -0.15) is 0 Å². The van der Waals surface area contributed by atoms with Crippen LogP contribution in [0, 0.1) is 0 Å². The Kier molecular flexibility index (Phi) is 6.28. The first kappa shape index (κ1) is 19.9. The number of carbonyl (C=O) groups excluding carboxylic acids is 1. The maximum Gasteiger partial charge on any atom is 0.251 e. The van der Waals surface area contributed by atoms with Gasteiger partial charge >= 0.3 is 0 Å². The quantitative estimate of drug-likeness (QED) is 0.909. The Morgan fingerprint density at radius 2 is 1.52 bits per heavy atom. The summed E-state index contributed by atoms with van der Waals surface area (Å²) in [5.74, 6) is 0.0184. The third-order valence-corrected chi connectivity index (χ3v) is 4.74. The smallest absolute Gasteiger partial charge is 0.251 e. The highest BCUT2D eigenvalue weighted by Gasteiger charge is 2.22. The van der Waals surface area contributed by atoms with Crippen molar-refractivity contribution < 1.29 is 9.53 Å². The molecule has 0 aliphatic carbocycles. The minimum absolute atomic E-state index is 0.0179. The summed E-state index contributed by atoms with van der Waals surface area (Å²) in [5.41, 5.74) is 3.21. The molecule has 0 spiro atoms. The molecule has 140 valence electrons. The summed E-state index contributed by atoms with van der Waals surface area (Å²) >= 11 is 0. The van der Waals surface area contributed by atoms with E-state index in [4.69, 9.17) is 4.74 Å². The summed E-state index contributed by atoms with van der Waals surface area (Å²) in [5, 5.41) is 3.08. The summed E-state index contributed by atoms with van der Waals surface area (Å²) in [7, 11) is 0. The van der Waals surface area contributed by atoms with Gasteiger partial charge in [0, 0.05) is 31.7 Å². The SMILES string of the molecule is CC(C)(C)c1cc(C(=O)NCCN2CCOCC2)cc(C(C)(C)C)c1. The van der Waals surface area contributed by atoms with E-state index in [1.165, 1.54) is 11.1 Å². The van der Waals surface area contributed by atoms with Gasteiger partial charge in [-0.25, -0.2) is 0 Å². The number of morpholine rings is 1. The van der Waals surface area contributed by atoms with Crippen molar-refractivity contribution >= 4 is 5.91 Å². The number of nitrogens with one attached hydrogen (secondary N) is 1. The average molecular weight is 347 g/mol. The van der Waals surface area contributed by atoms with Gasteiger partial charge in [0.2, 0.25) is 0 Å². The molecule has 1 aromatic rings. The summed E-state index contributed by atoms with van der Waals surface area (Å²) < 4.78 is 5.36. The minimum Gasteiger partial charge on any atom is -0.379 e. The molecule has 4 heteroatoms. The average Bonchev–Trinajstić information content (AvgIpc) is 2.53. The van der Waals surface area contributed by atoms with E-state index in [2.05, 4.69) is 57.8 Å². The van der Waals surface area contributed by atoms with Crippen LogP contribution in [-0.2, 0) is 15.6 Å². The van der Waals surface area contributed by atoms with Crippen LogP contribution in [0.3, 0.4) is 0 Å². The number of benzene rings is 1. The summed E-state index contributed by atoms with van der Waals surface area (Å²) in [6.07, 6.45) is 0. The second-order valence-corrected chi connectivity index (χ2v) is 9.01. The number of amides is 1. The Morgan fingerprint density at radius 1 is 1.00 bits per heavy atom. The zero-order chi connectivity index (χ0) is 18.7. The van der Waals surface area contributed by atoms with E-state index in [-0.39, 0.29) is 16.7 Å². The Labute approximate surface area is 152 Å². The monoisotopic (exact) mass is 346 g/mol. The molecule has 1 aliphatic rings. The van der Waals surface area contributed by atoms with E-state index >= 15 is 0 Å². The number of hydrogen-bond donors (Lipinski definition) is 1. The zero-order valence-electron chi connectivity index (χ0n) is 16.7. The lowest BCUT2D eigenvalue weighted by atomic mass is 9.79. The molecule has 1 fully saturated rings. The van der Waals surface area contributed by atoms with Gasteiger partial charge in [-0.15, -0.1) is 0 Å². The summed E-state index contributed by atoms with van der Waals surface area (Å²) in [6.45, 7) is 18.2. The summed E-state index contributed by atoms with van der Waals surface area (Å²) in [4.78, 5) is 15.0. The normalized spacial score (nSPS) is 16.7. The highest BCUT2D eigenvalue weighted by atomic mass is 16.5. The molecule has 1 aliphatic heterocycles. The standard InChI is InChI=1S/C21H34N2O2/c1-20(2,3)17-13-16(14-18(15-17)21(4,5)6)19(24)22-7-8-23-9-11-25-12-10-23/h13-15H,7-12H2,1-6H3,(H,22,24). The maximum absolute atomic E-state index is 12.7. The van der Waals surface area contributed by atoms with Crippen LogP contribution in [-0.4, -0.2) is 50.2 Å². The third-order valence-electron chi connectivity index (χ3n) is 4.74. The molecule has 2 rings (SSSR count). The van der Waals surface area contributed by atoms with Crippen LogP contribution in [0.1, 0.15) is 63.0 Å². The molecule has 4 nitrogen and oxygen atoms in total. The topological polar surface area (TPSA) is 41.6 Å². The molecular formula is C21H34N2O2. The van der Waals surface area contributed by atoms with Crippen LogP contribution in [0.15, 0.2) is 18.2 Å². The molecular weight excluding hydrogens is 312 g/mol. The van der Waals surface area contributed by atoms with Crippen molar-refractivity contribution in [2.45, 2.75) is 52.4 Å². The van der Waals surface area contributed by atoms with Gasteiger partial charge in [-0.05, 0) is 34.1 Å². The lowest BCUT2D eigenvalue weighted by Crippen LogP contribution is -2.41. The highest BCUT2D eigenvalue weighted by Crippen LogP contribution is 2.30. The molecule has 1 amide bonds. The third kappa shape index (κ3) is 5.82. The second-order valence-electron chi connectivity index (χ2n) is 9.01. The fourth-order valence-corrected chi connectivity index (χ4v) is 2.88. The molecule has 0 saturated carbocycles. The molecule has 0 aromatic heterocycles. The van der Waals surface area contributed by atoms with Crippen LogP contribution < -0.4 is 5.32 Å². The minimum atomic E-state index is 0.0179. The largest absolute Gasteiger partial charge is 0.379 e. The molecule has 0 bridgehead atoms. The molecule has 0 radical (unpaired) electrons. The first-order chi connectivity index (χ1) is 11.6. The van der Waals surface area contributed by atoms with Gasteiger partial charge in [0.15, 0.2) is 0 Å². The molecule has 1 N–H and O–H groups in total. The van der Waals surface area contributed by atoms with Gasteiger partial charge in [0.1, 0.15) is 0 Å². The molecule has 0 atom stereocenters. The van der Waals surface area contributed by atoms with Crippen LogP contribution in [0.2, 0.25) is 0 Å². The van der Waals surface area contributed by atoms with Crippen LogP contribution in [0.5, 0.6) is 0 Å². The number of ether oxygens (including phenoxy) is 1. The van der Waals surface area contributed by atoms with E-state index < -0.39 is 0 Å². The van der Waals surface area contributed by atoms with Crippen molar-refractivity contribution in [3.63, 3.8) is 0 Å². The van der Waals surface area contributed by atoms with Crippen LogP contribution in [0.4, 0.5) is 0 Å². The van der Waals surface area contributed by atoms with Crippen molar-refractivity contribution in [2.75, 3.05) is 39.4 Å². The fourth-order valence-electron chi connectivity index (χ4n) is 2.88. The van der Waals surface area contributed by atoms with Gasteiger partial charge < -0.3 is 10.1 Å². The van der Waals surface area contributed by atoms with Crippen molar-refractivity contribution in [3.8, 4) is 0 Å². The predicted molar refractivity (Wildman–Crippen MR) is 103 cm³/mol. The molecule has 0 unspecified atom stereocenters. The Balaban J connectivity index is 2.09. The first-order valence-electron chi connectivity index (χ1n) is 9.32. The lowest BCUT2D eigenvalue weighted by Gasteiger charge is -2.27. The second kappa shape index (κ2) is 7.88. The van der Waals surface area contributed by atoms with Crippen molar-refractivity contribution in [2.24, 2.45) is 0 Å². The van der Waals surface area contributed by atoms with E-state index in [0.717, 1.165) is 38.4 Å². The van der Waals surface area contributed by atoms with Gasteiger partial charge in [-0.1, -0.05) is 47.6 Å². The molecule has 25 heavy (non-hydrogen) atoms. The number of rotatable bonds is 4. The maximum atomic E-state index is 12.7. The molecule has 1 saturated heterocycles. The van der Waals surface area contributed by atoms with E-state index in [0.29, 0.717) is 6.54 Å². The summed E-state index contributed by atoms with van der Waals surface area (Å²) in [6, 6.07) is 6.32. The Hall–Kier alpha value is -1.39. The van der Waals surface area contributed by atoms with Crippen molar-refractivity contribution in [1.29, 1.82) is 0 Å². The molecule has 1 heterocycles. The van der Waals surface area contributed by atoms with E-state index in [1.54, 1.807) is 0 Å². The Morgan fingerprint density at radius 3 is 2.00 bits per heavy atom. The van der Waals surface area contributed by atoms with E-state index in [1.807, 2.05) is 12.1 Å². The van der Waals surface area contributed by atoms with Gasteiger partial charge in [-0.3, -0.25) is 9.69 Å². The number of nitrogens with zero attached hydrogens (tertiary/aromatic N) is 1. The predicted octanol–water partition coefficient (Wildman–Crippen LogP) is 3.34. The first-order valence-corrected chi connectivity index (χ1v) is 9.32. The Bertz CT molecular complexity index is 559. The number of hydrogen-bond acceptors (Lipinski definition) is 3. The van der Waals surface area contributed by atoms with Gasteiger partial charge in [0.25, 0.3) is 5.91 Å². The fraction of sp³-hybridized carbons (Fsp3) is 0.667. The van der Waals surface area contributed by atoms with Crippen LogP contribution in [0.25, 0.3) is 0 Å². The zero-order valence-corrected chi connectivity index (χ0v) is 16.7. The van der Waals surface area contributed by atoms with E-state index in [9.17, 15) is 4.79 Å². The van der Waals surface area contributed by atoms with Crippen LogP contribution >= 0.6 is 0 Å². The lowest BCUT2D eigenvalue weighted by molar-refractivity contribution is 0.0383. The highest BCUT2D eigenvalue weighted by molar-refractivity contribution is 5.94. The van der Waals surface area contributed by atoms with Crippen molar-refractivity contribution in [3.05, 3.63) is 34.9 Å². The number of carbonyl (C=O) groups is 1.